The lowest BCUT2D eigenvalue weighted by molar-refractivity contribution is 0.483. The topological polar surface area (TPSA) is 107 Å². The molecule has 2 aromatic rings. The molecule has 0 N–H and O–H groups in total. The Labute approximate surface area is 108 Å². The minimum atomic E-state index is 0.464. The van der Waals surface area contributed by atoms with E-state index >= 15 is 0 Å². The van der Waals surface area contributed by atoms with Gasteiger partial charge in [0.05, 0.1) is 0 Å². The van der Waals surface area contributed by atoms with E-state index in [4.69, 9.17) is 15.8 Å². The van der Waals surface area contributed by atoms with Gasteiger partial charge in [0, 0.05) is 21.2 Å². The van der Waals surface area contributed by atoms with Crippen LogP contribution in [0.4, 0.5) is 11.4 Å². The van der Waals surface area contributed by atoms with Crippen molar-refractivity contribution >= 4 is 11.4 Å². The van der Waals surface area contributed by atoms with E-state index in [2.05, 4.69) is 20.1 Å². The largest absolute Gasteiger partial charge is 0.457 e. The summed E-state index contributed by atoms with van der Waals surface area (Å²) in [4.78, 5) is 5.41. The van der Waals surface area contributed by atoms with Crippen LogP contribution in [0.5, 0.6) is 11.5 Å². The summed E-state index contributed by atoms with van der Waals surface area (Å²) in [6.45, 7) is 0. The molecule has 0 aliphatic heterocycles. The van der Waals surface area contributed by atoms with Gasteiger partial charge in [-0.3, -0.25) is 0 Å². The molecule has 0 atom stereocenters. The highest BCUT2D eigenvalue weighted by molar-refractivity contribution is 5.47. The lowest BCUT2D eigenvalue weighted by atomic mass is 10.3. The molecule has 0 saturated carbocycles. The minimum Gasteiger partial charge on any atom is -0.457 e. The van der Waals surface area contributed by atoms with Crippen LogP contribution in [0.25, 0.3) is 20.9 Å². The van der Waals surface area contributed by atoms with E-state index in [1.807, 2.05) is 0 Å². The number of rotatable bonds is 4. The number of benzene rings is 2. The Balaban J connectivity index is 2.25. The van der Waals surface area contributed by atoms with Crippen LogP contribution in [0.3, 0.4) is 0 Å². The highest BCUT2D eigenvalue weighted by Gasteiger charge is 1.99. The summed E-state index contributed by atoms with van der Waals surface area (Å²) in [5.41, 5.74) is 17.7. The van der Waals surface area contributed by atoms with Gasteiger partial charge in [-0.2, -0.15) is 0 Å². The van der Waals surface area contributed by atoms with Crippen molar-refractivity contribution in [3.63, 3.8) is 0 Å². The molecule has 0 unspecified atom stereocenters. The lowest BCUT2D eigenvalue weighted by Gasteiger charge is -2.06. The molecule has 0 amide bonds. The van der Waals surface area contributed by atoms with Crippen molar-refractivity contribution in [1.29, 1.82) is 0 Å². The van der Waals surface area contributed by atoms with E-state index < -0.39 is 0 Å². The fraction of sp³-hybridized carbons (Fsp3) is 0. The molecule has 0 aliphatic rings. The first kappa shape index (κ1) is 12.3. The van der Waals surface area contributed by atoms with Gasteiger partial charge in [0.15, 0.2) is 0 Å². The average Bonchev–Trinajstić information content (AvgIpc) is 2.40. The van der Waals surface area contributed by atoms with Gasteiger partial charge < -0.3 is 4.74 Å². The zero-order valence-electron chi connectivity index (χ0n) is 9.71. The Morgan fingerprint density at radius 1 is 0.789 bits per heavy atom. The second kappa shape index (κ2) is 5.97. The van der Waals surface area contributed by atoms with Gasteiger partial charge >= 0.3 is 0 Å². The number of hydrogen-bond donors (Lipinski definition) is 0. The standard InChI is InChI=1S/C12H8N6O/c13-17-15-9-3-1-5-11(7-9)19-12-6-2-4-10(8-12)16-18-14/h1-8H. The van der Waals surface area contributed by atoms with Gasteiger partial charge in [0.2, 0.25) is 0 Å². The Hall–Kier alpha value is -3.14. The van der Waals surface area contributed by atoms with Crippen LogP contribution in [0, 0.1) is 0 Å². The first-order valence-corrected chi connectivity index (χ1v) is 5.30. The maximum absolute atomic E-state index is 8.37. The summed E-state index contributed by atoms with van der Waals surface area (Å²) in [5.74, 6) is 1.06. The Bertz CT molecular complexity index is 627. The van der Waals surface area contributed by atoms with Crippen LogP contribution in [0.15, 0.2) is 58.8 Å². The van der Waals surface area contributed by atoms with E-state index in [1.54, 1.807) is 48.5 Å². The molecule has 2 rings (SSSR count). The monoisotopic (exact) mass is 252 g/mol. The highest BCUT2D eigenvalue weighted by atomic mass is 16.5. The molecule has 0 aromatic heterocycles. The summed E-state index contributed by atoms with van der Waals surface area (Å²) in [7, 11) is 0. The third kappa shape index (κ3) is 3.41. The van der Waals surface area contributed by atoms with Gasteiger partial charge in [-0.05, 0) is 35.3 Å². The molecule has 0 aliphatic carbocycles. The second-order valence-corrected chi connectivity index (χ2v) is 3.48. The smallest absolute Gasteiger partial charge is 0.127 e. The Kier molecular flexibility index (Phi) is 3.87. The van der Waals surface area contributed by atoms with Gasteiger partial charge in [0.25, 0.3) is 0 Å². The van der Waals surface area contributed by atoms with E-state index in [0.29, 0.717) is 22.9 Å². The normalized spacial score (nSPS) is 9.05. The molecule has 0 fully saturated rings. The number of ether oxygens (including phenoxy) is 1. The van der Waals surface area contributed by atoms with Gasteiger partial charge in [-0.25, -0.2) is 0 Å². The molecule has 0 radical (unpaired) electrons. The van der Waals surface area contributed by atoms with Crippen molar-refractivity contribution in [2.45, 2.75) is 0 Å². The summed E-state index contributed by atoms with van der Waals surface area (Å²) in [5, 5.41) is 6.98. The average molecular weight is 252 g/mol. The first-order chi connectivity index (χ1) is 9.31. The highest BCUT2D eigenvalue weighted by Crippen LogP contribution is 2.28. The molecule has 0 heterocycles. The zero-order valence-corrected chi connectivity index (χ0v) is 9.71. The fourth-order valence-electron chi connectivity index (χ4n) is 1.46. The van der Waals surface area contributed by atoms with Crippen molar-refractivity contribution in [2.24, 2.45) is 10.2 Å². The van der Waals surface area contributed by atoms with E-state index in [1.165, 1.54) is 0 Å². The van der Waals surface area contributed by atoms with Crippen molar-refractivity contribution in [3.8, 4) is 11.5 Å². The molecule has 0 spiro atoms. The number of nitrogens with zero attached hydrogens (tertiary/aromatic N) is 6. The summed E-state index contributed by atoms with van der Waals surface area (Å²) in [6.07, 6.45) is 0. The van der Waals surface area contributed by atoms with Crippen LogP contribution in [0.1, 0.15) is 0 Å². The van der Waals surface area contributed by atoms with Crippen molar-refractivity contribution in [1.82, 2.24) is 0 Å². The van der Waals surface area contributed by atoms with Crippen LogP contribution >= 0.6 is 0 Å². The predicted molar refractivity (Wildman–Crippen MR) is 70.6 cm³/mol. The molecule has 0 bridgehead atoms. The number of hydrogen-bond acceptors (Lipinski definition) is 3. The maximum atomic E-state index is 8.37. The fourth-order valence-corrected chi connectivity index (χ4v) is 1.46. The van der Waals surface area contributed by atoms with Gasteiger partial charge in [0.1, 0.15) is 11.5 Å². The third-order valence-electron chi connectivity index (χ3n) is 2.19. The van der Waals surface area contributed by atoms with Crippen molar-refractivity contribution < 1.29 is 4.74 Å². The molecule has 0 saturated heterocycles. The zero-order chi connectivity index (χ0) is 13.5. The summed E-state index contributed by atoms with van der Waals surface area (Å²) >= 11 is 0. The van der Waals surface area contributed by atoms with E-state index in [9.17, 15) is 0 Å². The first-order valence-electron chi connectivity index (χ1n) is 5.30. The Morgan fingerprint density at radius 3 is 1.68 bits per heavy atom. The lowest BCUT2D eigenvalue weighted by Crippen LogP contribution is -1.82. The second-order valence-electron chi connectivity index (χ2n) is 3.48. The predicted octanol–water partition coefficient (Wildman–Crippen LogP) is 5.36. The Morgan fingerprint density at radius 2 is 1.26 bits per heavy atom. The molecule has 7 heteroatoms. The van der Waals surface area contributed by atoms with Crippen LogP contribution in [-0.2, 0) is 0 Å². The molecular weight excluding hydrogens is 244 g/mol. The van der Waals surface area contributed by atoms with Crippen LogP contribution in [-0.4, -0.2) is 0 Å². The van der Waals surface area contributed by atoms with Crippen molar-refractivity contribution in [2.75, 3.05) is 0 Å². The molecule has 7 nitrogen and oxygen atoms in total. The minimum absolute atomic E-state index is 0.464. The van der Waals surface area contributed by atoms with E-state index in [-0.39, 0.29) is 0 Å². The van der Waals surface area contributed by atoms with Crippen LogP contribution < -0.4 is 4.74 Å². The van der Waals surface area contributed by atoms with E-state index in [0.717, 1.165) is 0 Å². The third-order valence-corrected chi connectivity index (χ3v) is 2.19. The maximum Gasteiger partial charge on any atom is 0.127 e. The molecular formula is C12H8N6O. The van der Waals surface area contributed by atoms with Gasteiger partial charge in [-0.15, -0.1) is 0 Å². The van der Waals surface area contributed by atoms with Crippen LogP contribution in [0.2, 0.25) is 0 Å². The SMILES string of the molecule is [N-]=[N+]=Nc1cccc(Oc2cccc(N=[N+]=[N-])c2)c1. The van der Waals surface area contributed by atoms with Crippen molar-refractivity contribution in [3.05, 3.63) is 69.4 Å². The van der Waals surface area contributed by atoms with Gasteiger partial charge in [-0.1, -0.05) is 34.5 Å². The quantitative estimate of drug-likeness (QED) is 0.407. The summed E-state index contributed by atoms with van der Waals surface area (Å²) < 4.78 is 5.59. The number of azide groups is 2. The summed E-state index contributed by atoms with van der Waals surface area (Å²) in [6, 6.07) is 13.5. The molecule has 19 heavy (non-hydrogen) atoms. The molecule has 92 valence electrons. The molecule has 2 aromatic carbocycles.